The van der Waals surface area contributed by atoms with Crippen LogP contribution < -0.4 is 5.73 Å². The summed E-state index contributed by atoms with van der Waals surface area (Å²) in [6, 6.07) is 1.14. The lowest BCUT2D eigenvalue weighted by atomic mass is 9.91. The molecule has 6 heteroatoms. The maximum atomic E-state index is 8.69. The molecule has 20 heavy (non-hydrogen) atoms. The Morgan fingerprint density at radius 3 is 2.70 bits per heavy atom. The molecule has 0 aromatic rings. The maximum absolute atomic E-state index is 8.69. The van der Waals surface area contributed by atoms with Crippen molar-refractivity contribution in [1.29, 1.82) is 0 Å². The quantitative estimate of drug-likeness (QED) is 0.144. The Morgan fingerprint density at radius 1 is 1.45 bits per heavy atom. The van der Waals surface area contributed by atoms with Gasteiger partial charge in [-0.2, -0.15) is 0 Å². The van der Waals surface area contributed by atoms with Crippen LogP contribution in [0.4, 0.5) is 0 Å². The molecule has 114 valence electrons. The molecule has 1 rings (SSSR count). The van der Waals surface area contributed by atoms with E-state index in [2.05, 4.69) is 24.8 Å². The minimum Gasteiger partial charge on any atom is -0.472 e. The molecule has 0 aromatic carbocycles. The second kappa shape index (κ2) is 7.49. The number of nitrogens with two attached hydrogens (primary N) is 1. The monoisotopic (exact) mass is 298 g/mol. The van der Waals surface area contributed by atoms with Crippen LogP contribution in [-0.2, 0) is 9.47 Å². The molecule has 1 atom stereocenters. The number of hydrogen-bond donors (Lipinski definition) is 2. The third-order valence-electron chi connectivity index (χ3n) is 3.21. The van der Waals surface area contributed by atoms with Crippen molar-refractivity contribution in [2.45, 2.75) is 39.0 Å². The SMILES string of the molecule is CC1CC(OCOCC[Si](C)(C)C)=CC=C1C(N)=NO. The molecule has 3 N–H and O–H groups in total. The molecule has 0 aliphatic heterocycles. The number of hydrogen-bond acceptors (Lipinski definition) is 4. The van der Waals surface area contributed by atoms with Crippen LogP contribution in [-0.4, -0.2) is 32.5 Å². The molecule has 0 saturated carbocycles. The van der Waals surface area contributed by atoms with Gasteiger partial charge in [-0.05, 0) is 18.0 Å². The predicted molar refractivity (Wildman–Crippen MR) is 83.4 cm³/mol. The summed E-state index contributed by atoms with van der Waals surface area (Å²) >= 11 is 0. The molecule has 0 radical (unpaired) electrons. The summed E-state index contributed by atoms with van der Waals surface area (Å²) in [5, 5.41) is 11.7. The van der Waals surface area contributed by atoms with Gasteiger partial charge in [0.25, 0.3) is 0 Å². The fourth-order valence-electron chi connectivity index (χ4n) is 1.88. The smallest absolute Gasteiger partial charge is 0.188 e. The summed E-state index contributed by atoms with van der Waals surface area (Å²) in [6.45, 7) is 10.0. The summed E-state index contributed by atoms with van der Waals surface area (Å²) in [4.78, 5) is 0. The molecule has 0 aromatic heterocycles. The van der Waals surface area contributed by atoms with Crippen molar-refractivity contribution in [3.8, 4) is 0 Å². The van der Waals surface area contributed by atoms with E-state index in [9.17, 15) is 0 Å². The number of ether oxygens (including phenoxy) is 2. The normalized spacial score (nSPS) is 20.4. The predicted octanol–water partition coefficient (Wildman–Crippen LogP) is 2.91. The Labute approximate surface area is 122 Å². The Hall–Kier alpha value is -1.27. The standard InChI is InChI=1S/C14H26N2O3Si/c1-11-9-12(5-6-13(11)14(15)16-17)19-10-18-7-8-20(2,3)4/h5-6,11,17H,7-10H2,1-4H3,(H2,15,16). The zero-order chi connectivity index (χ0) is 15.2. The fourth-order valence-corrected chi connectivity index (χ4v) is 2.64. The first-order valence-corrected chi connectivity index (χ1v) is 10.6. The lowest BCUT2D eigenvalue weighted by Gasteiger charge is -2.21. The van der Waals surface area contributed by atoms with Crippen LogP contribution in [0.2, 0.25) is 25.7 Å². The van der Waals surface area contributed by atoms with E-state index in [1.54, 1.807) is 0 Å². The van der Waals surface area contributed by atoms with Gasteiger partial charge in [0.2, 0.25) is 0 Å². The van der Waals surface area contributed by atoms with Crippen LogP contribution >= 0.6 is 0 Å². The highest BCUT2D eigenvalue weighted by atomic mass is 28.3. The van der Waals surface area contributed by atoms with Gasteiger partial charge >= 0.3 is 0 Å². The molecule has 0 heterocycles. The van der Waals surface area contributed by atoms with Gasteiger partial charge in [0.15, 0.2) is 12.6 Å². The molecule has 5 nitrogen and oxygen atoms in total. The number of oxime groups is 1. The van der Waals surface area contributed by atoms with Crippen molar-refractivity contribution in [3.05, 3.63) is 23.5 Å². The van der Waals surface area contributed by atoms with Crippen molar-refractivity contribution < 1.29 is 14.7 Å². The van der Waals surface area contributed by atoms with Crippen LogP contribution in [0.25, 0.3) is 0 Å². The fraction of sp³-hybridized carbons (Fsp3) is 0.643. The van der Waals surface area contributed by atoms with Crippen molar-refractivity contribution in [3.63, 3.8) is 0 Å². The van der Waals surface area contributed by atoms with E-state index >= 15 is 0 Å². The summed E-state index contributed by atoms with van der Waals surface area (Å²) < 4.78 is 11.1. The Morgan fingerprint density at radius 2 is 2.15 bits per heavy atom. The van der Waals surface area contributed by atoms with Gasteiger partial charge < -0.3 is 20.4 Å². The van der Waals surface area contributed by atoms with E-state index in [0.717, 1.165) is 30.4 Å². The molecular weight excluding hydrogens is 272 g/mol. The first kappa shape index (κ1) is 16.8. The van der Waals surface area contributed by atoms with Gasteiger partial charge in [-0.15, -0.1) is 0 Å². The van der Waals surface area contributed by atoms with Gasteiger partial charge in [0.1, 0.15) is 0 Å². The lowest BCUT2D eigenvalue weighted by molar-refractivity contribution is -0.0217. The summed E-state index contributed by atoms with van der Waals surface area (Å²) in [7, 11) is -1.04. The van der Waals surface area contributed by atoms with E-state index in [1.807, 2.05) is 19.1 Å². The largest absolute Gasteiger partial charge is 0.472 e. The minimum atomic E-state index is -1.04. The molecule has 1 unspecified atom stereocenters. The highest BCUT2D eigenvalue weighted by Crippen LogP contribution is 2.25. The van der Waals surface area contributed by atoms with Crippen LogP contribution in [0.5, 0.6) is 0 Å². The molecule has 0 bridgehead atoms. The Bertz CT molecular complexity index is 411. The zero-order valence-corrected chi connectivity index (χ0v) is 13.8. The molecule has 1 aliphatic rings. The Kier molecular flexibility index (Phi) is 6.29. The first-order chi connectivity index (χ1) is 9.33. The van der Waals surface area contributed by atoms with Crippen LogP contribution in [0.1, 0.15) is 13.3 Å². The third-order valence-corrected chi connectivity index (χ3v) is 4.92. The maximum Gasteiger partial charge on any atom is 0.188 e. The molecular formula is C14H26N2O3Si. The van der Waals surface area contributed by atoms with Gasteiger partial charge in [-0.1, -0.05) is 37.8 Å². The van der Waals surface area contributed by atoms with Gasteiger partial charge in [-0.25, -0.2) is 0 Å². The number of amidine groups is 1. The summed E-state index contributed by atoms with van der Waals surface area (Å²) in [6.07, 6.45) is 4.43. The van der Waals surface area contributed by atoms with E-state index in [0.29, 0.717) is 0 Å². The van der Waals surface area contributed by atoms with Gasteiger partial charge in [0, 0.05) is 26.7 Å². The van der Waals surface area contributed by atoms with Crippen molar-refractivity contribution in [1.82, 2.24) is 0 Å². The average molecular weight is 298 g/mol. The molecule has 0 amide bonds. The second-order valence-electron chi connectivity index (χ2n) is 6.33. The zero-order valence-electron chi connectivity index (χ0n) is 12.8. The van der Waals surface area contributed by atoms with Crippen molar-refractivity contribution in [2.75, 3.05) is 13.4 Å². The molecule has 0 spiro atoms. The van der Waals surface area contributed by atoms with Crippen molar-refractivity contribution >= 4 is 13.9 Å². The molecule has 0 fully saturated rings. The van der Waals surface area contributed by atoms with E-state index < -0.39 is 8.07 Å². The minimum absolute atomic E-state index is 0.166. The van der Waals surface area contributed by atoms with E-state index in [4.69, 9.17) is 20.4 Å². The summed E-state index contributed by atoms with van der Waals surface area (Å²) in [5.41, 5.74) is 6.44. The lowest BCUT2D eigenvalue weighted by Crippen LogP contribution is -2.23. The topological polar surface area (TPSA) is 77.1 Å². The van der Waals surface area contributed by atoms with Crippen LogP contribution in [0.3, 0.4) is 0 Å². The highest BCUT2D eigenvalue weighted by molar-refractivity contribution is 6.76. The molecule has 1 aliphatic carbocycles. The third kappa shape index (κ3) is 5.79. The number of nitrogens with zero attached hydrogens (tertiary/aromatic N) is 1. The second-order valence-corrected chi connectivity index (χ2v) is 11.9. The van der Waals surface area contributed by atoms with E-state index in [-0.39, 0.29) is 18.5 Å². The van der Waals surface area contributed by atoms with Crippen molar-refractivity contribution in [2.24, 2.45) is 16.8 Å². The van der Waals surface area contributed by atoms with Gasteiger partial charge in [0.05, 0.1) is 5.76 Å². The summed E-state index contributed by atoms with van der Waals surface area (Å²) in [5.74, 6) is 1.21. The molecule has 0 saturated heterocycles. The number of allylic oxidation sites excluding steroid dienone is 3. The van der Waals surface area contributed by atoms with Gasteiger partial charge in [-0.3, -0.25) is 0 Å². The first-order valence-electron chi connectivity index (χ1n) is 6.92. The van der Waals surface area contributed by atoms with Crippen LogP contribution in [0, 0.1) is 5.92 Å². The highest BCUT2D eigenvalue weighted by Gasteiger charge is 2.19. The number of rotatable bonds is 7. The van der Waals surface area contributed by atoms with E-state index in [1.165, 1.54) is 0 Å². The van der Waals surface area contributed by atoms with Crippen LogP contribution in [0.15, 0.2) is 28.6 Å². The average Bonchev–Trinajstić information content (AvgIpc) is 2.36. The Balaban J connectivity index is 2.36.